The molecule has 0 amide bonds. The molecule has 0 saturated carbocycles. The van der Waals surface area contributed by atoms with Gasteiger partial charge in [-0.3, -0.25) is 0 Å². The van der Waals surface area contributed by atoms with Crippen LogP contribution in [0.4, 0.5) is 0 Å². The van der Waals surface area contributed by atoms with Crippen molar-refractivity contribution in [3.63, 3.8) is 0 Å². The molecule has 0 bridgehead atoms. The largest absolute Gasteiger partial charge is 0.361 e. The first kappa shape index (κ1) is 7.20. The highest BCUT2D eigenvalue weighted by molar-refractivity contribution is 5.79. The standard InChI is InChI=1S/C8H5N3/c9-5-7-3-1-2-4-8(7)6-11-10/h1-4,6H. The van der Waals surface area contributed by atoms with E-state index in [-0.39, 0.29) is 0 Å². The van der Waals surface area contributed by atoms with E-state index in [1.165, 1.54) is 6.21 Å². The van der Waals surface area contributed by atoms with Gasteiger partial charge in [0.1, 0.15) is 6.07 Å². The minimum atomic E-state index is 0.505. The van der Waals surface area contributed by atoms with E-state index in [2.05, 4.69) is 4.79 Å². The molecule has 0 spiro atoms. The summed E-state index contributed by atoms with van der Waals surface area (Å²) in [4.78, 5) is 2.84. The second-order valence-electron chi connectivity index (χ2n) is 1.94. The second-order valence-corrected chi connectivity index (χ2v) is 1.94. The Morgan fingerprint density at radius 1 is 1.45 bits per heavy atom. The minimum absolute atomic E-state index is 0.505. The van der Waals surface area contributed by atoms with Gasteiger partial charge >= 0.3 is 0 Å². The zero-order valence-corrected chi connectivity index (χ0v) is 5.73. The molecule has 0 aliphatic carbocycles. The number of benzene rings is 1. The summed E-state index contributed by atoms with van der Waals surface area (Å²) in [5.74, 6) is 0. The molecule has 0 radical (unpaired) electrons. The SMILES string of the molecule is N#Cc1ccccc1C=[N+]=[N-]. The number of nitrogens with zero attached hydrogens (tertiary/aromatic N) is 3. The molecule has 0 saturated heterocycles. The number of hydrogen-bond donors (Lipinski definition) is 0. The maximum atomic E-state index is 8.55. The molecule has 0 N–H and O–H groups in total. The van der Waals surface area contributed by atoms with Gasteiger partial charge in [0.05, 0.1) is 11.1 Å². The molecule has 0 aromatic heterocycles. The fraction of sp³-hybridized carbons (Fsp3) is 0. The maximum Gasteiger partial charge on any atom is 0.289 e. The molecule has 3 heteroatoms. The lowest BCUT2D eigenvalue weighted by atomic mass is 10.1. The topological polar surface area (TPSA) is 60.2 Å². The Bertz CT molecular complexity index is 343. The van der Waals surface area contributed by atoms with Gasteiger partial charge in [-0.15, -0.1) is 0 Å². The Hall–Kier alpha value is -1.91. The van der Waals surface area contributed by atoms with Crippen LogP contribution >= 0.6 is 0 Å². The Balaban J connectivity index is 3.25. The van der Waals surface area contributed by atoms with Crippen molar-refractivity contribution in [1.29, 1.82) is 5.26 Å². The molecule has 0 aliphatic heterocycles. The normalized spacial score (nSPS) is 7.91. The molecule has 11 heavy (non-hydrogen) atoms. The van der Waals surface area contributed by atoms with Crippen molar-refractivity contribution >= 4 is 6.21 Å². The summed E-state index contributed by atoms with van der Waals surface area (Å²) in [6.45, 7) is 0. The van der Waals surface area contributed by atoms with Crippen LogP contribution < -0.4 is 0 Å². The van der Waals surface area contributed by atoms with Gasteiger partial charge in [0.25, 0.3) is 6.21 Å². The van der Waals surface area contributed by atoms with Crippen LogP contribution in [0.3, 0.4) is 0 Å². The third kappa shape index (κ3) is 1.51. The van der Waals surface area contributed by atoms with Crippen LogP contribution in [0.25, 0.3) is 5.53 Å². The van der Waals surface area contributed by atoms with E-state index in [9.17, 15) is 0 Å². The lowest BCUT2D eigenvalue weighted by Crippen LogP contribution is -1.86. The van der Waals surface area contributed by atoms with Crippen LogP contribution in [0.1, 0.15) is 11.1 Å². The van der Waals surface area contributed by atoms with Crippen molar-refractivity contribution < 1.29 is 4.79 Å². The average Bonchev–Trinajstić information content (AvgIpc) is 2.06. The van der Waals surface area contributed by atoms with Gasteiger partial charge in [0, 0.05) is 0 Å². The molecule has 1 aromatic carbocycles. The summed E-state index contributed by atoms with van der Waals surface area (Å²) in [5, 5.41) is 8.55. The molecular formula is C8H5N3. The summed E-state index contributed by atoms with van der Waals surface area (Å²) in [6.07, 6.45) is 1.23. The van der Waals surface area contributed by atoms with Gasteiger partial charge in [-0.2, -0.15) is 10.1 Å². The lowest BCUT2D eigenvalue weighted by molar-refractivity contribution is 0.00455. The van der Waals surface area contributed by atoms with Gasteiger partial charge in [-0.05, 0) is 12.1 Å². The second kappa shape index (κ2) is 3.31. The van der Waals surface area contributed by atoms with Gasteiger partial charge < -0.3 is 5.53 Å². The van der Waals surface area contributed by atoms with Crippen LogP contribution in [0, 0.1) is 11.3 Å². The van der Waals surface area contributed by atoms with E-state index in [0.717, 1.165) is 0 Å². The Labute approximate surface area is 64.1 Å². The molecular weight excluding hydrogens is 138 g/mol. The van der Waals surface area contributed by atoms with Crippen LogP contribution in [0.5, 0.6) is 0 Å². The number of nitriles is 1. The smallest absolute Gasteiger partial charge is 0.289 e. The predicted molar refractivity (Wildman–Crippen MR) is 39.9 cm³/mol. The zero-order chi connectivity index (χ0) is 8.10. The van der Waals surface area contributed by atoms with E-state index in [1.54, 1.807) is 24.3 Å². The van der Waals surface area contributed by atoms with Crippen molar-refractivity contribution in [2.45, 2.75) is 0 Å². The fourth-order valence-corrected chi connectivity index (χ4v) is 0.774. The molecule has 0 fully saturated rings. The first-order chi connectivity index (χ1) is 5.38. The van der Waals surface area contributed by atoms with E-state index in [1.807, 2.05) is 6.07 Å². The van der Waals surface area contributed by atoms with Gasteiger partial charge in [0.2, 0.25) is 0 Å². The third-order valence-electron chi connectivity index (χ3n) is 1.28. The molecule has 1 rings (SSSR count). The molecule has 1 aromatic rings. The van der Waals surface area contributed by atoms with Gasteiger partial charge in [-0.1, -0.05) is 12.1 Å². The van der Waals surface area contributed by atoms with Crippen molar-refractivity contribution in [3.8, 4) is 6.07 Å². The average molecular weight is 143 g/mol. The Morgan fingerprint density at radius 3 is 2.82 bits per heavy atom. The van der Waals surface area contributed by atoms with Crippen LogP contribution in [0.2, 0.25) is 0 Å². The van der Waals surface area contributed by atoms with E-state index >= 15 is 0 Å². The highest BCUT2D eigenvalue weighted by atomic mass is 14.8. The molecule has 3 nitrogen and oxygen atoms in total. The highest BCUT2D eigenvalue weighted by Gasteiger charge is 1.98. The number of hydrogen-bond acceptors (Lipinski definition) is 1. The van der Waals surface area contributed by atoms with Crippen LogP contribution in [-0.4, -0.2) is 11.0 Å². The maximum absolute atomic E-state index is 8.55. The number of rotatable bonds is 1. The zero-order valence-electron chi connectivity index (χ0n) is 5.73. The first-order valence-electron chi connectivity index (χ1n) is 3.05. The van der Waals surface area contributed by atoms with Crippen molar-refractivity contribution in [2.75, 3.05) is 0 Å². The fourth-order valence-electron chi connectivity index (χ4n) is 0.774. The highest BCUT2D eigenvalue weighted by Crippen LogP contribution is 2.02. The predicted octanol–water partition coefficient (Wildman–Crippen LogP) is 1.21. The van der Waals surface area contributed by atoms with Crippen LogP contribution in [0.15, 0.2) is 24.3 Å². The van der Waals surface area contributed by atoms with Gasteiger partial charge in [0.15, 0.2) is 0 Å². The molecule has 0 heterocycles. The van der Waals surface area contributed by atoms with E-state index in [0.29, 0.717) is 11.1 Å². The van der Waals surface area contributed by atoms with Crippen molar-refractivity contribution in [1.82, 2.24) is 0 Å². The van der Waals surface area contributed by atoms with E-state index in [4.69, 9.17) is 10.8 Å². The quantitative estimate of drug-likeness (QED) is 0.331. The first-order valence-corrected chi connectivity index (χ1v) is 3.05. The lowest BCUT2D eigenvalue weighted by Gasteiger charge is -1.88. The minimum Gasteiger partial charge on any atom is -0.361 e. The summed E-state index contributed by atoms with van der Waals surface area (Å²) >= 11 is 0. The molecule has 0 atom stereocenters. The van der Waals surface area contributed by atoms with Crippen molar-refractivity contribution in [2.24, 2.45) is 0 Å². The third-order valence-corrected chi connectivity index (χ3v) is 1.28. The summed E-state index contributed by atoms with van der Waals surface area (Å²) in [7, 11) is 0. The van der Waals surface area contributed by atoms with Crippen LogP contribution in [-0.2, 0) is 0 Å². The Kier molecular flexibility index (Phi) is 2.16. The molecule has 0 aliphatic rings. The molecule has 0 unspecified atom stereocenters. The summed E-state index contributed by atoms with van der Waals surface area (Å²) in [6, 6.07) is 8.88. The Morgan fingerprint density at radius 2 is 2.18 bits per heavy atom. The van der Waals surface area contributed by atoms with E-state index < -0.39 is 0 Å². The summed E-state index contributed by atoms with van der Waals surface area (Å²) < 4.78 is 0. The molecule has 52 valence electrons. The monoisotopic (exact) mass is 143 g/mol. The summed E-state index contributed by atoms with van der Waals surface area (Å²) in [5.41, 5.74) is 9.33. The van der Waals surface area contributed by atoms with Gasteiger partial charge in [-0.25, -0.2) is 0 Å². The van der Waals surface area contributed by atoms with Crippen molar-refractivity contribution in [3.05, 3.63) is 40.9 Å².